The fourth-order valence-electron chi connectivity index (χ4n) is 4.58. The number of nitrogens with zero attached hydrogens (tertiary/aromatic N) is 6. The summed E-state index contributed by atoms with van der Waals surface area (Å²) in [6, 6.07) is 12.5. The van der Waals surface area contributed by atoms with Crippen molar-refractivity contribution in [2.45, 2.75) is 18.9 Å². The number of halogens is 1. The van der Waals surface area contributed by atoms with E-state index in [1.54, 1.807) is 40.7 Å². The Morgan fingerprint density at radius 1 is 1.22 bits per heavy atom. The third kappa shape index (κ3) is 3.82. The molecule has 0 saturated carbocycles. The van der Waals surface area contributed by atoms with Gasteiger partial charge in [-0.25, -0.2) is 4.98 Å². The summed E-state index contributed by atoms with van der Waals surface area (Å²) in [5.41, 5.74) is 3.85. The van der Waals surface area contributed by atoms with Crippen LogP contribution >= 0.6 is 22.9 Å². The van der Waals surface area contributed by atoms with Crippen LogP contribution in [0.4, 0.5) is 0 Å². The molecule has 4 aromatic heterocycles. The monoisotopic (exact) mass is 518 g/mol. The molecule has 6 rings (SSSR count). The summed E-state index contributed by atoms with van der Waals surface area (Å²) >= 11 is 7.68. The Morgan fingerprint density at radius 3 is 2.92 bits per heavy atom. The Balaban J connectivity index is 1.35. The minimum atomic E-state index is -0.202. The van der Waals surface area contributed by atoms with Crippen LogP contribution in [-0.4, -0.2) is 47.7 Å². The number of hydrogen-bond donors (Lipinski definition) is 2. The number of imidazole rings is 1. The number of H-pyrrole nitrogens is 1. The molecule has 0 spiro atoms. The van der Waals surface area contributed by atoms with Gasteiger partial charge in [-0.1, -0.05) is 11.6 Å². The van der Waals surface area contributed by atoms with Crippen LogP contribution in [0.5, 0.6) is 0 Å². The molecular formula is C24H19ClN8O2S. The molecule has 0 aliphatic carbocycles. The van der Waals surface area contributed by atoms with E-state index in [1.165, 1.54) is 17.7 Å². The van der Waals surface area contributed by atoms with Crippen molar-refractivity contribution < 1.29 is 4.79 Å². The average Bonchev–Trinajstić information content (AvgIpc) is 3.68. The smallest absolute Gasteiger partial charge is 0.261 e. The van der Waals surface area contributed by atoms with Gasteiger partial charge < -0.3 is 14.9 Å². The van der Waals surface area contributed by atoms with Crippen LogP contribution in [0.15, 0.2) is 59.8 Å². The van der Waals surface area contributed by atoms with Gasteiger partial charge in [-0.15, -0.1) is 16.4 Å². The van der Waals surface area contributed by atoms with E-state index in [0.717, 1.165) is 45.9 Å². The minimum absolute atomic E-state index is 0.122. The van der Waals surface area contributed by atoms with Gasteiger partial charge in [0.15, 0.2) is 0 Å². The molecule has 0 saturated heterocycles. The molecule has 0 radical (unpaired) electrons. The van der Waals surface area contributed by atoms with Gasteiger partial charge >= 0.3 is 0 Å². The number of pyridine rings is 1. The molecule has 2 N–H and O–H groups in total. The molecule has 1 aliphatic rings. The van der Waals surface area contributed by atoms with Gasteiger partial charge in [0.25, 0.3) is 11.5 Å². The highest BCUT2D eigenvalue weighted by atomic mass is 35.5. The van der Waals surface area contributed by atoms with Gasteiger partial charge in [-0.3, -0.25) is 9.59 Å². The molecule has 1 amide bonds. The number of fused-ring (bicyclic) bond motifs is 1. The zero-order valence-electron chi connectivity index (χ0n) is 19.0. The van der Waals surface area contributed by atoms with E-state index in [9.17, 15) is 9.59 Å². The van der Waals surface area contributed by atoms with Gasteiger partial charge in [0, 0.05) is 29.4 Å². The van der Waals surface area contributed by atoms with E-state index in [0.29, 0.717) is 15.7 Å². The number of amides is 1. The molecule has 36 heavy (non-hydrogen) atoms. The van der Waals surface area contributed by atoms with Crippen molar-refractivity contribution in [2.75, 3.05) is 7.05 Å². The lowest BCUT2D eigenvalue weighted by Gasteiger charge is -2.15. The van der Waals surface area contributed by atoms with Crippen LogP contribution < -0.4 is 10.9 Å². The number of thiophene rings is 1. The standard InChI is InChI=1S/C24H19ClN8O2S/c1-26-24(35)21-7-6-20(36-21)17-11-27-23(29-17)19-5-3-15-8-13(9-22(34)33(15)19)16-10-14(25)2-4-18(16)32-12-28-30-31-32/h2,4,6-12,19H,3,5H2,1H3,(H,26,35)(H,27,29)/t19-/m0/s1. The van der Waals surface area contributed by atoms with Gasteiger partial charge in [0.05, 0.1) is 33.4 Å². The number of carbonyl (C=O) groups is 1. The highest BCUT2D eigenvalue weighted by Crippen LogP contribution is 2.35. The Labute approximate surface area is 213 Å². The lowest BCUT2D eigenvalue weighted by molar-refractivity contribution is 0.0967. The molecule has 10 nitrogen and oxygen atoms in total. The second kappa shape index (κ2) is 8.85. The van der Waals surface area contributed by atoms with Gasteiger partial charge in [-0.05, 0) is 65.2 Å². The predicted octanol–water partition coefficient (Wildman–Crippen LogP) is 3.49. The van der Waals surface area contributed by atoms with E-state index in [2.05, 4.69) is 30.8 Å². The van der Waals surface area contributed by atoms with Crippen LogP contribution in [0.1, 0.15) is 33.7 Å². The number of nitrogens with one attached hydrogen (secondary N) is 2. The van der Waals surface area contributed by atoms with Gasteiger partial charge in [0.2, 0.25) is 0 Å². The summed E-state index contributed by atoms with van der Waals surface area (Å²) in [6.45, 7) is 0. The molecular weight excluding hydrogens is 500 g/mol. The molecule has 1 aliphatic heterocycles. The first-order chi connectivity index (χ1) is 17.5. The van der Waals surface area contributed by atoms with Gasteiger partial charge in [-0.2, -0.15) is 4.68 Å². The molecule has 0 bridgehead atoms. The van der Waals surface area contributed by atoms with Crippen LogP contribution in [0, 0.1) is 0 Å². The third-order valence-corrected chi connectivity index (χ3v) is 7.58. The summed E-state index contributed by atoms with van der Waals surface area (Å²) in [6.07, 6.45) is 4.72. The minimum Gasteiger partial charge on any atom is -0.354 e. The zero-order valence-corrected chi connectivity index (χ0v) is 20.5. The molecule has 0 unspecified atom stereocenters. The maximum absolute atomic E-state index is 13.4. The third-order valence-electron chi connectivity index (χ3n) is 6.23. The van der Waals surface area contributed by atoms with Crippen LogP contribution in [0.2, 0.25) is 5.02 Å². The number of aromatic nitrogens is 7. The summed E-state index contributed by atoms with van der Waals surface area (Å²) in [4.78, 5) is 34.7. The number of tetrazole rings is 1. The molecule has 1 aromatic carbocycles. The van der Waals surface area contributed by atoms with E-state index >= 15 is 0 Å². The lowest BCUT2D eigenvalue weighted by atomic mass is 10.0. The zero-order chi connectivity index (χ0) is 24.8. The number of hydrogen-bond acceptors (Lipinski definition) is 7. The first-order valence-electron chi connectivity index (χ1n) is 11.2. The first-order valence-corrected chi connectivity index (χ1v) is 12.4. The Morgan fingerprint density at radius 2 is 2.11 bits per heavy atom. The van der Waals surface area contributed by atoms with Crippen LogP contribution in [0.25, 0.3) is 27.4 Å². The van der Waals surface area contributed by atoms with Crippen molar-refractivity contribution in [2.24, 2.45) is 0 Å². The summed E-state index contributed by atoms with van der Waals surface area (Å²) < 4.78 is 3.33. The van der Waals surface area contributed by atoms with E-state index in [-0.39, 0.29) is 17.5 Å². The molecule has 5 heterocycles. The quantitative estimate of drug-likeness (QED) is 0.367. The number of aromatic amines is 1. The topological polar surface area (TPSA) is 123 Å². The second-order valence-corrected chi connectivity index (χ2v) is 9.86. The van der Waals surface area contributed by atoms with Crippen molar-refractivity contribution in [1.82, 2.24) is 40.1 Å². The maximum Gasteiger partial charge on any atom is 0.261 e. The summed E-state index contributed by atoms with van der Waals surface area (Å²) in [5.74, 6) is 0.589. The Hall–Kier alpha value is -4.09. The first kappa shape index (κ1) is 22.4. The summed E-state index contributed by atoms with van der Waals surface area (Å²) in [7, 11) is 1.61. The normalized spacial score (nSPS) is 14.7. The molecule has 5 aromatic rings. The Kier molecular flexibility index (Phi) is 5.50. The number of rotatable bonds is 5. The lowest BCUT2D eigenvalue weighted by Crippen LogP contribution is -2.23. The SMILES string of the molecule is CNC(=O)c1ccc(-c2cnc([C@@H]3CCc4cc(-c5cc(Cl)ccc5-n5cnnn5)cc(=O)n43)[nH]2)s1. The highest BCUT2D eigenvalue weighted by molar-refractivity contribution is 7.17. The maximum atomic E-state index is 13.4. The van der Waals surface area contributed by atoms with Crippen molar-refractivity contribution in [3.8, 4) is 27.4 Å². The van der Waals surface area contributed by atoms with Crippen molar-refractivity contribution >= 4 is 28.8 Å². The number of benzene rings is 1. The molecule has 12 heteroatoms. The van der Waals surface area contributed by atoms with Gasteiger partial charge in [0.1, 0.15) is 12.2 Å². The van der Waals surface area contributed by atoms with Crippen LogP contribution in [0.3, 0.4) is 0 Å². The molecule has 0 fully saturated rings. The predicted molar refractivity (Wildman–Crippen MR) is 136 cm³/mol. The van der Waals surface area contributed by atoms with Crippen LogP contribution in [-0.2, 0) is 6.42 Å². The fraction of sp³-hybridized carbons (Fsp3) is 0.167. The van der Waals surface area contributed by atoms with Crippen molar-refractivity contribution in [3.05, 3.63) is 86.8 Å². The number of aryl methyl sites for hydroxylation is 1. The van der Waals surface area contributed by atoms with E-state index < -0.39 is 0 Å². The van der Waals surface area contributed by atoms with E-state index in [1.807, 2.05) is 24.3 Å². The second-order valence-electron chi connectivity index (χ2n) is 8.34. The fourth-order valence-corrected chi connectivity index (χ4v) is 5.67. The van der Waals surface area contributed by atoms with E-state index in [4.69, 9.17) is 11.6 Å². The number of carbonyl (C=O) groups excluding carboxylic acids is 1. The summed E-state index contributed by atoms with van der Waals surface area (Å²) in [5, 5.41) is 14.6. The average molecular weight is 519 g/mol. The Bertz CT molecular complexity index is 1650. The molecule has 180 valence electrons. The van der Waals surface area contributed by atoms with Crippen molar-refractivity contribution in [3.63, 3.8) is 0 Å². The highest BCUT2D eigenvalue weighted by Gasteiger charge is 2.28. The molecule has 1 atom stereocenters. The van der Waals surface area contributed by atoms with Crippen molar-refractivity contribution in [1.29, 1.82) is 0 Å². The largest absolute Gasteiger partial charge is 0.354 e.